The maximum Gasteiger partial charge on any atom is 0.174 e. The molecule has 0 fully saturated rings. The van der Waals surface area contributed by atoms with Crippen LogP contribution in [-0.4, -0.2) is 37.4 Å². The minimum atomic E-state index is -0.750. The van der Waals surface area contributed by atoms with E-state index in [9.17, 15) is 10.2 Å². The number of rotatable bonds is 7. The average molecular weight is 340 g/mol. The first-order valence-electron chi connectivity index (χ1n) is 7.00. The van der Waals surface area contributed by atoms with Gasteiger partial charge in [0, 0.05) is 11.7 Å². The van der Waals surface area contributed by atoms with Crippen LogP contribution in [0.3, 0.4) is 0 Å². The zero-order valence-electron chi connectivity index (χ0n) is 12.5. The summed E-state index contributed by atoms with van der Waals surface area (Å²) >= 11 is 2.94. The van der Waals surface area contributed by atoms with Gasteiger partial charge in [0.05, 0.1) is 18.8 Å². The molecule has 5 nitrogen and oxygen atoms in total. The molecule has 7 heteroatoms. The van der Waals surface area contributed by atoms with Gasteiger partial charge in [-0.15, -0.1) is 10.2 Å². The Balaban J connectivity index is 1.91. The Kier molecular flexibility index (Phi) is 6.34. The van der Waals surface area contributed by atoms with Crippen LogP contribution in [0.15, 0.2) is 28.6 Å². The highest BCUT2D eigenvalue weighted by Crippen LogP contribution is 2.29. The number of aliphatic hydroxyl groups is 3. The Labute approximate surface area is 138 Å². The van der Waals surface area contributed by atoms with Crippen LogP contribution in [0.2, 0.25) is 0 Å². The summed E-state index contributed by atoms with van der Waals surface area (Å²) in [5.74, 6) is 0.156. The number of aryl methyl sites for hydroxylation is 1. The van der Waals surface area contributed by atoms with Crippen molar-refractivity contribution >= 4 is 23.1 Å². The van der Waals surface area contributed by atoms with Gasteiger partial charge in [-0.2, -0.15) is 0 Å². The van der Waals surface area contributed by atoms with Crippen LogP contribution in [0.5, 0.6) is 0 Å². The number of aliphatic hydroxyl groups excluding tert-OH is 3. The maximum absolute atomic E-state index is 10.4. The molecule has 0 unspecified atom stereocenters. The summed E-state index contributed by atoms with van der Waals surface area (Å²) in [6, 6.07) is 7.11. The molecule has 1 aromatic carbocycles. The summed E-state index contributed by atoms with van der Waals surface area (Å²) in [5.41, 5.74) is 1.53. The highest BCUT2D eigenvalue weighted by atomic mass is 32.2. The van der Waals surface area contributed by atoms with E-state index in [2.05, 4.69) is 10.2 Å². The molecule has 0 spiro atoms. The fraction of sp³-hybridized carbons (Fsp3) is 0.467. The number of benzene rings is 1. The molecule has 2 aromatic rings. The summed E-state index contributed by atoms with van der Waals surface area (Å²) in [6.45, 7) is 3.69. The molecule has 0 aliphatic carbocycles. The molecule has 2 rings (SSSR count). The van der Waals surface area contributed by atoms with Crippen molar-refractivity contribution in [2.45, 2.75) is 37.0 Å². The first kappa shape index (κ1) is 17.4. The highest BCUT2D eigenvalue weighted by molar-refractivity contribution is 8.01. The van der Waals surface area contributed by atoms with Gasteiger partial charge in [0.2, 0.25) is 0 Å². The summed E-state index contributed by atoms with van der Waals surface area (Å²) in [4.78, 5) is 0. The standard InChI is InChI=1S/C15H20N2O3S2/c1-9(13(19)8-21-15-17-16-10(2)22-15)14(20)12-5-3-11(7-18)4-6-12/h3-6,9,13-14,18-20H,7-8H2,1-2H3/t9-,13+,14+/m0/s1. The molecule has 3 atom stereocenters. The van der Waals surface area contributed by atoms with Crippen LogP contribution < -0.4 is 0 Å². The molecule has 0 amide bonds. The third-order valence-corrected chi connectivity index (χ3v) is 5.57. The van der Waals surface area contributed by atoms with Crippen LogP contribution >= 0.6 is 23.1 Å². The Morgan fingerprint density at radius 3 is 2.41 bits per heavy atom. The van der Waals surface area contributed by atoms with Crippen molar-refractivity contribution in [2.75, 3.05) is 5.75 Å². The molecule has 0 aliphatic heterocycles. The Morgan fingerprint density at radius 2 is 1.86 bits per heavy atom. The lowest BCUT2D eigenvalue weighted by molar-refractivity contribution is 0.0330. The summed E-state index contributed by atoms with van der Waals surface area (Å²) in [6.07, 6.45) is -1.40. The van der Waals surface area contributed by atoms with Gasteiger partial charge in [0.1, 0.15) is 5.01 Å². The van der Waals surface area contributed by atoms with E-state index < -0.39 is 12.2 Å². The maximum atomic E-state index is 10.4. The molecule has 0 aliphatic rings. The molecule has 120 valence electrons. The zero-order chi connectivity index (χ0) is 16.1. The second kappa shape index (κ2) is 8.03. The van der Waals surface area contributed by atoms with E-state index >= 15 is 0 Å². The SMILES string of the molecule is Cc1nnc(SC[C@@H](O)[C@H](C)[C@@H](O)c2ccc(CO)cc2)s1. The minimum absolute atomic E-state index is 0.0214. The van der Waals surface area contributed by atoms with Crippen molar-refractivity contribution in [3.8, 4) is 0 Å². The Hall–Kier alpha value is -0.990. The molecule has 22 heavy (non-hydrogen) atoms. The molecular formula is C15H20N2O3S2. The van der Waals surface area contributed by atoms with E-state index in [-0.39, 0.29) is 12.5 Å². The summed E-state index contributed by atoms with van der Waals surface area (Å²) in [7, 11) is 0. The quantitative estimate of drug-likeness (QED) is 0.670. The van der Waals surface area contributed by atoms with Gasteiger partial charge in [0.15, 0.2) is 4.34 Å². The predicted molar refractivity (Wildman–Crippen MR) is 87.9 cm³/mol. The summed E-state index contributed by atoms with van der Waals surface area (Å²) < 4.78 is 0.825. The molecule has 0 bridgehead atoms. The van der Waals surface area contributed by atoms with Crippen molar-refractivity contribution in [3.63, 3.8) is 0 Å². The average Bonchev–Trinajstić information content (AvgIpc) is 2.96. The molecular weight excluding hydrogens is 320 g/mol. The van der Waals surface area contributed by atoms with E-state index in [1.165, 1.54) is 23.1 Å². The zero-order valence-corrected chi connectivity index (χ0v) is 14.1. The normalized spacial score (nSPS) is 15.5. The van der Waals surface area contributed by atoms with Crippen molar-refractivity contribution in [1.29, 1.82) is 0 Å². The van der Waals surface area contributed by atoms with Crippen LogP contribution in [0, 0.1) is 12.8 Å². The van der Waals surface area contributed by atoms with Crippen LogP contribution in [0.4, 0.5) is 0 Å². The fourth-order valence-electron chi connectivity index (χ4n) is 1.98. The topological polar surface area (TPSA) is 86.5 Å². The third kappa shape index (κ3) is 4.50. The smallest absolute Gasteiger partial charge is 0.174 e. The number of thioether (sulfide) groups is 1. The number of hydrogen-bond acceptors (Lipinski definition) is 7. The van der Waals surface area contributed by atoms with Crippen LogP contribution in [0.1, 0.15) is 29.2 Å². The van der Waals surface area contributed by atoms with E-state index in [4.69, 9.17) is 5.11 Å². The monoisotopic (exact) mass is 340 g/mol. The van der Waals surface area contributed by atoms with Crippen LogP contribution in [-0.2, 0) is 6.61 Å². The van der Waals surface area contributed by atoms with E-state index in [0.717, 1.165) is 20.5 Å². The van der Waals surface area contributed by atoms with Crippen molar-refractivity contribution in [3.05, 3.63) is 40.4 Å². The van der Waals surface area contributed by atoms with Crippen molar-refractivity contribution in [2.24, 2.45) is 5.92 Å². The first-order chi connectivity index (χ1) is 10.5. The molecule has 3 N–H and O–H groups in total. The molecule has 0 radical (unpaired) electrons. The lowest BCUT2D eigenvalue weighted by Gasteiger charge is -2.24. The van der Waals surface area contributed by atoms with E-state index in [1.54, 1.807) is 24.3 Å². The van der Waals surface area contributed by atoms with Crippen molar-refractivity contribution < 1.29 is 15.3 Å². The summed E-state index contributed by atoms with van der Waals surface area (Å²) in [5, 5.41) is 38.5. The van der Waals surface area contributed by atoms with Gasteiger partial charge in [-0.3, -0.25) is 0 Å². The van der Waals surface area contributed by atoms with E-state index in [0.29, 0.717) is 5.75 Å². The lowest BCUT2D eigenvalue weighted by Crippen LogP contribution is -2.26. The van der Waals surface area contributed by atoms with Gasteiger partial charge in [0.25, 0.3) is 0 Å². The van der Waals surface area contributed by atoms with Crippen LogP contribution in [0.25, 0.3) is 0 Å². The van der Waals surface area contributed by atoms with Gasteiger partial charge in [-0.1, -0.05) is 54.3 Å². The molecule has 1 aromatic heterocycles. The Morgan fingerprint density at radius 1 is 1.18 bits per heavy atom. The largest absolute Gasteiger partial charge is 0.392 e. The van der Waals surface area contributed by atoms with Gasteiger partial charge < -0.3 is 15.3 Å². The van der Waals surface area contributed by atoms with Gasteiger partial charge in [-0.05, 0) is 18.1 Å². The first-order valence-corrected chi connectivity index (χ1v) is 8.80. The number of aromatic nitrogens is 2. The number of nitrogens with zero attached hydrogens (tertiary/aromatic N) is 2. The predicted octanol–water partition coefficient (Wildman–Crippen LogP) is 2.16. The highest BCUT2D eigenvalue weighted by Gasteiger charge is 2.24. The minimum Gasteiger partial charge on any atom is -0.392 e. The molecule has 0 saturated heterocycles. The van der Waals surface area contributed by atoms with Gasteiger partial charge >= 0.3 is 0 Å². The molecule has 0 saturated carbocycles. The second-order valence-electron chi connectivity index (χ2n) is 5.17. The van der Waals surface area contributed by atoms with Gasteiger partial charge in [-0.25, -0.2) is 0 Å². The van der Waals surface area contributed by atoms with Crippen molar-refractivity contribution in [1.82, 2.24) is 10.2 Å². The molecule has 1 heterocycles. The van der Waals surface area contributed by atoms with E-state index in [1.807, 2.05) is 13.8 Å². The second-order valence-corrected chi connectivity index (χ2v) is 7.62. The Bertz CT molecular complexity index is 589. The number of hydrogen-bond donors (Lipinski definition) is 3. The third-order valence-electron chi connectivity index (χ3n) is 3.49. The lowest BCUT2D eigenvalue weighted by atomic mass is 9.93. The fourth-order valence-corrected chi connectivity index (χ4v) is 3.91.